The first-order valence-corrected chi connectivity index (χ1v) is 10.1. The van der Waals surface area contributed by atoms with Crippen molar-refractivity contribution >= 4 is 34.8 Å². The fourth-order valence-corrected chi connectivity index (χ4v) is 3.24. The van der Waals surface area contributed by atoms with Crippen molar-refractivity contribution in [2.45, 2.75) is 37.9 Å². The van der Waals surface area contributed by atoms with E-state index in [1.54, 1.807) is 26.0 Å². The first-order chi connectivity index (χ1) is 14.5. The van der Waals surface area contributed by atoms with Crippen molar-refractivity contribution < 1.29 is 27.8 Å². The molecule has 0 bridgehead atoms. The molecule has 0 aromatic heterocycles. The van der Waals surface area contributed by atoms with Gasteiger partial charge in [0.25, 0.3) is 0 Å². The number of benzene rings is 2. The molecule has 0 aliphatic rings. The zero-order valence-electron chi connectivity index (χ0n) is 17.1. The van der Waals surface area contributed by atoms with Crippen molar-refractivity contribution in [1.82, 2.24) is 0 Å². The number of nitrogens with zero attached hydrogens (tertiary/aromatic N) is 1. The highest BCUT2D eigenvalue weighted by molar-refractivity contribution is 8.00. The molecule has 0 radical (unpaired) electrons. The fraction of sp³-hybridized carbons (Fsp3) is 0.286. The van der Waals surface area contributed by atoms with E-state index >= 15 is 0 Å². The van der Waals surface area contributed by atoms with Gasteiger partial charge in [-0.3, -0.25) is 5.43 Å². The molecule has 1 unspecified atom stereocenters. The number of thioether (sulfide) groups is 1. The standard InChI is InChI=1S/C21H22F3N3O3S/c1-12-10-17(8-9-19(12)30-14(3)20(28)29)31-11-18(25)13(2)26-27-16-6-4-15(5-7-16)21(22,23)24/h4-10,14,25,27H,11H2,1-3H3,(H,28,29)/b25-18?,26-13-. The smallest absolute Gasteiger partial charge is 0.416 e. The third kappa shape index (κ3) is 7.32. The summed E-state index contributed by atoms with van der Waals surface area (Å²) >= 11 is 1.40. The summed E-state index contributed by atoms with van der Waals surface area (Å²) in [5, 5.41) is 21.1. The Morgan fingerprint density at radius 1 is 1.26 bits per heavy atom. The molecule has 0 amide bonds. The Balaban J connectivity index is 1.91. The van der Waals surface area contributed by atoms with Crippen LogP contribution in [0.5, 0.6) is 5.75 Å². The van der Waals surface area contributed by atoms with Crippen LogP contribution in [0.15, 0.2) is 52.5 Å². The Morgan fingerprint density at radius 3 is 2.45 bits per heavy atom. The van der Waals surface area contributed by atoms with Crippen LogP contribution in [-0.4, -0.2) is 34.4 Å². The Morgan fingerprint density at radius 2 is 1.90 bits per heavy atom. The molecule has 3 N–H and O–H groups in total. The number of hydrazone groups is 1. The lowest BCUT2D eigenvalue weighted by Crippen LogP contribution is -2.23. The van der Waals surface area contributed by atoms with E-state index in [0.717, 1.165) is 22.6 Å². The number of aliphatic carboxylic acids is 1. The number of nitrogens with one attached hydrogen (secondary N) is 2. The molecule has 2 aromatic carbocycles. The number of halogens is 3. The minimum atomic E-state index is -4.39. The molecule has 0 spiro atoms. The molecule has 2 rings (SSSR count). The molecule has 0 saturated heterocycles. The Hall–Kier alpha value is -3.01. The van der Waals surface area contributed by atoms with Crippen LogP contribution in [-0.2, 0) is 11.0 Å². The quantitative estimate of drug-likeness (QED) is 0.266. The molecule has 1 atom stereocenters. The van der Waals surface area contributed by atoms with E-state index in [2.05, 4.69) is 10.5 Å². The van der Waals surface area contributed by atoms with E-state index in [1.165, 1.54) is 30.8 Å². The highest BCUT2D eigenvalue weighted by Crippen LogP contribution is 2.30. The van der Waals surface area contributed by atoms with E-state index in [9.17, 15) is 18.0 Å². The summed E-state index contributed by atoms with van der Waals surface area (Å²) in [6.07, 6.45) is -5.35. The van der Waals surface area contributed by atoms with Crippen LogP contribution >= 0.6 is 11.8 Å². The average molecular weight is 453 g/mol. The highest BCUT2D eigenvalue weighted by Gasteiger charge is 2.29. The number of ether oxygens (including phenoxy) is 1. The van der Waals surface area contributed by atoms with Crippen LogP contribution in [0.25, 0.3) is 0 Å². The SMILES string of the molecule is C/C(=N/Nc1ccc(C(F)(F)F)cc1)C(=N)CSc1ccc(OC(C)C(=O)O)c(C)c1. The van der Waals surface area contributed by atoms with Gasteiger partial charge in [0.1, 0.15) is 5.75 Å². The van der Waals surface area contributed by atoms with Crippen LogP contribution in [0.1, 0.15) is 25.0 Å². The Labute approximate surface area is 182 Å². The third-order valence-corrected chi connectivity index (χ3v) is 5.20. The van der Waals surface area contributed by atoms with Crippen molar-refractivity contribution in [2.24, 2.45) is 5.10 Å². The lowest BCUT2D eigenvalue weighted by Gasteiger charge is -2.13. The van der Waals surface area contributed by atoms with Crippen LogP contribution in [0.2, 0.25) is 0 Å². The van der Waals surface area contributed by atoms with E-state index < -0.39 is 23.8 Å². The Bertz CT molecular complexity index is 976. The van der Waals surface area contributed by atoms with Crippen molar-refractivity contribution in [3.8, 4) is 5.75 Å². The molecule has 31 heavy (non-hydrogen) atoms. The van der Waals surface area contributed by atoms with E-state index in [4.69, 9.17) is 15.3 Å². The van der Waals surface area contributed by atoms with Gasteiger partial charge in [-0.15, -0.1) is 11.8 Å². The lowest BCUT2D eigenvalue weighted by atomic mass is 10.2. The molecular weight excluding hydrogens is 431 g/mol. The number of aryl methyl sites for hydroxylation is 1. The molecule has 0 heterocycles. The minimum absolute atomic E-state index is 0.252. The van der Waals surface area contributed by atoms with Gasteiger partial charge in [0.15, 0.2) is 6.10 Å². The predicted molar refractivity (Wildman–Crippen MR) is 116 cm³/mol. The van der Waals surface area contributed by atoms with Crippen molar-refractivity contribution in [3.63, 3.8) is 0 Å². The van der Waals surface area contributed by atoms with Gasteiger partial charge in [0.2, 0.25) is 0 Å². The van der Waals surface area contributed by atoms with Crippen molar-refractivity contribution in [3.05, 3.63) is 53.6 Å². The molecule has 0 aliphatic heterocycles. The van der Waals surface area contributed by atoms with E-state index in [1.807, 2.05) is 6.07 Å². The maximum absolute atomic E-state index is 12.6. The lowest BCUT2D eigenvalue weighted by molar-refractivity contribution is -0.144. The molecule has 0 saturated carbocycles. The monoisotopic (exact) mass is 453 g/mol. The van der Waals surface area contributed by atoms with Gasteiger partial charge in [0.05, 0.1) is 22.7 Å². The summed E-state index contributed by atoms with van der Waals surface area (Å²) in [5.74, 6) is -0.242. The topological polar surface area (TPSA) is 94.8 Å². The molecule has 166 valence electrons. The van der Waals surface area contributed by atoms with Gasteiger partial charge >= 0.3 is 12.1 Å². The van der Waals surface area contributed by atoms with Crippen molar-refractivity contribution in [2.75, 3.05) is 11.2 Å². The summed E-state index contributed by atoms with van der Waals surface area (Å²) in [4.78, 5) is 11.8. The van der Waals surface area contributed by atoms with Gasteiger partial charge in [0, 0.05) is 10.6 Å². The predicted octanol–water partition coefficient (Wildman–Crippen LogP) is 5.47. The van der Waals surface area contributed by atoms with Gasteiger partial charge in [-0.1, -0.05) is 0 Å². The van der Waals surface area contributed by atoms with Crippen molar-refractivity contribution in [1.29, 1.82) is 5.41 Å². The number of anilines is 1. The summed E-state index contributed by atoms with van der Waals surface area (Å²) in [5.41, 5.74) is 3.72. The number of carbonyl (C=O) groups is 1. The first kappa shape index (κ1) is 24.3. The second kappa shape index (κ2) is 10.3. The maximum atomic E-state index is 12.6. The molecule has 2 aromatic rings. The van der Waals surface area contributed by atoms with Gasteiger partial charge in [-0.2, -0.15) is 18.3 Å². The summed E-state index contributed by atoms with van der Waals surface area (Å²) < 4.78 is 43.2. The fourth-order valence-electron chi connectivity index (χ4n) is 2.29. The Kier molecular flexibility index (Phi) is 8.09. The zero-order chi connectivity index (χ0) is 23.2. The first-order valence-electron chi connectivity index (χ1n) is 9.15. The van der Waals surface area contributed by atoms with Gasteiger partial charge in [-0.25, -0.2) is 4.79 Å². The van der Waals surface area contributed by atoms with Crippen LogP contribution in [0.3, 0.4) is 0 Å². The van der Waals surface area contributed by atoms with Crippen LogP contribution in [0, 0.1) is 12.3 Å². The molecule has 0 fully saturated rings. The number of rotatable bonds is 9. The van der Waals surface area contributed by atoms with Gasteiger partial charge in [-0.05, 0) is 68.8 Å². The second-order valence-corrected chi connectivity index (χ2v) is 7.73. The number of carboxylic acid groups (broad SMARTS) is 1. The molecule has 10 heteroatoms. The maximum Gasteiger partial charge on any atom is 0.416 e. The number of hydrogen-bond acceptors (Lipinski definition) is 6. The van der Waals surface area contributed by atoms with Gasteiger partial charge < -0.3 is 15.3 Å². The number of hydrogen-bond donors (Lipinski definition) is 3. The van der Waals surface area contributed by atoms with Crippen LogP contribution < -0.4 is 10.2 Å². The van der Waals surface area contributed by atoms with Crippen LogP contribution in [0.4, 0.5) is 18.9 Å². The normalized spacial score (nSPS) is 12.9. The number of alkyl halides is 3. The van der Waals surface area contributed by atoms with E-state index in [0.29, 0.717) is 22.9 Å². The minimum Gasteiger partial charge on any atom is -0.479 e. The average Bonchev–Trinajstić information content (AvgIpc) is 2.71. The molecule has 6 nitrogen and oxygen atoms in total. The highest BCUT2D eigenvalue weighted by atomic mass is 32.2. The summed E-state index contributed by atoms with van der Waals surface area (Å²) in [6.45, 7) is 4.89. The third-order valence-electron chi connectivity index (χ3n) is 4.18. The summed E-state index contributed by atoms with van der Waals surface area (Å²) in [6, 6.07) is 9.78. The molecule has 0 aliphatic carbocycles. The summed E-state index contributed by atoms with van der Waals surface area (Å²) in [7, 11) is 0. The zero-order valence-corrected chi connectivity index (χ0v) is 17.9. The largest absolute Gasteiger partial charge is 0.479 e. The number of carboxylic acids is 1. The molecular formula is C21H22F3N3O3S. The van der Waals surface area contributed by atoms with E-state index in [-0.39, 0.29) is 5.71 Å². The second-order valence-electron chi connectivity index (χ2n) is 6.68.